The lowest BCUT2D eigenvalue weighted by Crippen LogP contribution is -2.15. The molecule has 0 saturated heterocycles. The molecular formula is C16H17NO2S. The molecule has 0 amide bonds. The molecule has 0 aliphatic rings. The molecule has 1 N–H and O–H groups in total. The second-order valence-corrected chi connectivity index (χ2v) is 5.74. The zero-order valence-corrected chi connectivity index (χ0v) is 12.6. The van der Waals surface area contributed by atoms with Crippen LogP contribution in [0.15, 0.2) is 40.1 Å². The molecule has 1 atom stereocenters. The standard InChI is InChI=1S/C16H17NO2S/c1-10-4-5-13-11(6-10)7-14(19-13)16(17-2)15-8-12(18-3)9-20-15/h4-9,16-17H,1-3H3. The van der Waals surface area contributed by atoms with Gasteiger partial charge in [0.15, 0.2) is 0 Å². The highest BCUT2D eigenvalue weighted by Crippen LogP contribution is 2.33. The van der Waals surface area contributed by atoms with Crippen molar-refractivity contribution in [2.45, 2.75) is 13.0 Å². The fraction of sp³-hybridized carbons (Fsp3) is 0.250. The number of rotatable bonds is 4. The van der Waals surface area contributed by atoms with Crippen molar-refractivity contribution >= 4 is 22.3 Å². The molecule has 3 aromatic rings. The van der Waals surface area contributed by atoms with Crippen molar-refractivity contribution < 1.29 is 9.15 Å². The average Bonchev–Trinajstić information content (AvgIpc) is 3.06. The highest BCUT2D eigenvalue weighted by atomic mass is 32.1. The number of benzene rings is 1. The zero-order valence-electron chi connectivity index (χ0n) is 11.8. The molecule has 104 valence electrons. The van der Waals surface area contributed by atoms with Crippen molar-refractivity contribution in [1.82, 2.24) is 5.32 Å². The van der Waals surface area contributed by atoms with Crippen LogP contribution in [0.2, 0.25) is 0 Å². The second kappa shape index (κ2) is 5.31. The predicted molar refractivity (Wildman–Crippen MR) is 82.7 cm³/mol. The van der Waals surface area contributed by atoms with E-state index in [1.165, 1.54) is 10.4 Å². The summed E-state index contributed by atoms with van der Waals surface area (Å²) in [6, 6.07) is 10.4. The number of nitrogens with one attached hydrogen (secondary N) is 1. The van der Waals surface area contributed by atoms with Crippen molar-refractivity contribution in [2.24, 2.45) is 0 Å². The van der Waals surface area contributed by atoms with Crippen LogP contribution in [0.4, 0.5) is 0 Å². The Labute approximate surface area is 122 Å². The molecule has 1 unspecified atom stereocenters. The maximum absolute atomic E-state index is 5.98. The Balaban J connectivity index is 2.02. The minimum absolute atomic E-state index is 0.0524. The second-order valence-electron chi connectivity index (χ2n) is 4.80. The highest BCUT2D eigenvalue weighted by molar-refractivity contribution is 7.10. The SMILES string of the molecule is CNC(c1cc2cc(C)ccc2o1)c1cc(OC)cs1. The van der Waals surface area contributed by atoms with Gasteiger partial charge < -0.3 is 14.5 Å². The number of fused-ring (bicyclic) bond motifs is 1. The fourth-order valence-electron chi connectivity index (χ4n) is 2.34. The van der Waals surface area contributed by atoms with E-state index in [0.717, 1.165) is 22.5 Å². The molecule has 2 aromatic heterocycles. The van der Waals surface area contributed by atoms with Crippen LogP contribution in [0.25, 0.3) is 11.0 Å². The number of methoxy groups -OCH3 is 1. The molecule has 0 aliphatic carbocycles. The van der Waals surface area contributed by atoms with E-state index in [2.05, 4.69) is 30.4 Å². The molecular weight excluding hydrogens is 270 g/mol. The Kier molecular flexibility index (Phi) is 3.51. The van der Waals surface area contributed by atoms with E-state index in [4.69, 9.17) is 9.15 Å². The van der Waals surface area contributed by atoms with Crippen LogP contribution in [-0.4, -0.2) is 14.2 Å². The van der Waals surface area contributed by atoms with Crippen LogP contribution in [0.3, 0.4) is 0 Å². The maximum Gasteiger partial charge on any atom is 0.134 e. The summed E-state index contributed by atoms with van der Waals surface area (Å²) in [5, 5.41) is 6.46. The summed E-state index contributed by atoms with van der Waals surface area (Å²) in [5.41, 5.74) is 2.16. The molecule has 4 heteroatoms. The Bertz CT molecular complexity index is 729. The Hall–Kier alpha value is -1.78. The molecule has 20 heavy (non-hydrogen) atoms. The first kappa shape index (κ1) is 13.2. The zero-order chi connectivity index (χ0) is 14.1. The van der Waals surface area contributed by atoms with Gasteiger partial charge in [-0.2, -0.15) is 0 Å². The van der Waals surface area contributed by atoms with Crippen molar-refractivity contribution in [3.05, 3.63) is 51.9 Å². The van der Waals surface area contributed by atoms with Crippen LogP contribution in [0.1, 0.15) is 22.2 Å². The van der Waals surface area contributed by atoms with Gasteiger partial charge in [0.1, 0.15) is 23.1 Å². The van der Waals surface area contributed by atoms with Crippen molar-refractivity contribution in [1.29, 1.82) is 0 Å². The van der Waals surface area contributed by atoms with Crippen molar-refractivity contribution in [2.75, 3.05) is 14.2 Å². The van der Waals surface area contributed by atoms with Gasteiger partial charge in [-0.3, -0.25) is 0 Å². The first-order valence-corrected chi connectivity index (χ1v) is 7.39. The average molecular weight is 287 g/mol. The molecule has 1 aromatic carbocycles. The van der Waals surface area contributed by atoms with E-state index in [9.17, 15) is 0 Å². The number of ether oxygens (including phenoxy) is 1. The lowest BCUT2D eigenvalue weighted by molar-refractivity contribution is 0.415. The summed E-state index contributed by atoms with van der Waals surface area (Å²) in [6.07, 6.45) is 0. The number of thiophene rings is 1. The number of hydrogen-bond donors (Lipinski definition) is 1. The predicted octanol–water partition coefficient (Wildman–Crippen LogP) is 4.12. The van der Waals surface area contributed by atoms with E-state index in [-0.39, 0.29) is 6.04 Å². The van der Waals surface area contributed by atoms with Gasteiger partial charge >= 0.3 is 0 Å². The van der Waals surface area contributed by atoms with Gasteiger partial charge in [-0.05, 0) is 38.2 Å². The van der Waals surface area contributed by atoms with Crippen LogP contribution in [0.5, 0.6) is 5.75 Å². The topological polar surface area (TPSA) is 34.4 Å². The van der Waals surface area contributed by atoms with E-state index < -0.39 is 0 Å². The third kappa shape index (κ3) is 2.32. The van der Waals surface area contributed by atoms with E-state index >= 15 is 0 Å². The maximum atomic E-state index is 5.98. The van der Waals surface area contributed by atoms with Crippen LogP contribution >= 0.6 is 11.3 Å². The first-order valence-electron chi connectivity index (χ1n) is 6.51. The van der Waals surface area contributed by atoms with Gasteiger partial charge in [-0.25, -0.2) is 0 Å². The van der Waals surface area contributed by atoms with Gasteiger partial charge in [0.2, 0.25) is 0 Å². The van der Waals surface area contributed by atoms with Crippen molar-refractivity contribution in [3.63, 3.8) is 0 Å². The number of furan rings is 1. The molecule has 3 rings (SSSR count). The molecule has 0 saturated carbocycles. The molecule has 3 nitrogen and oxygen atoms in total. The van der Waals surface area contributed by atoms with Gasteiger partial charge in [-0.15, -0.1) is 11.3 Å². The van der Waals surface area contributed by atoms with Crippen LogP contribution in [-0.2, 0) is 0 Å². The normalized spacial score (nSPS) is 12.8. The summed E-state index contributed by atoms with van der Waals surface area (Å²) in [5.74, 6) is 1.81. The molecule has 0 bridgehead atoms. The van der Waals surface area contributed by atoms with Gasteiger partial charge in [0.05, 0.1) is 7.11 Å². The molecule has 0 aliphatic heterocycles. The first-order chi connectivity index (χ1) is 9.71. The summed E-state index contributed by atoms with van der Waals surface area (Å²) in [7, 11) is 3.62. The van der Waals surface area contributed by atoms with E-state index in [1.54, 1.807) is 18.4 Å². The molecule has 2 heterocycles. The van der Waals surface area contributed by atoms with Gasteiger partial charge in [0.25, 0.3) is 0 Å². The fourth-order valence-corrected chi connectivity index (χ4v) is 3.31. The van der Waals surface area contributed by atoms with Gasteiger partial charge in [0, 0.05) is 15.6 Å². The number of hydrogen-bond acceptors (Lipinski definition) is 4. The minimum Gasteiger partial charge on any atom is -0.496 e. The number of aryl methyl sites for hydroxylation is 1. The quantitative estimate of drug-likeness (QED) is 0.784. The third-order valence-corrected chi connectivity index (χ3v) is 4.36. The Morgan fingerprint density at radius 2 is 2.10 bits per heavy atom. The van der Waals surface area contributed by atoms with Gasteiger partial charge in [-0.1, -0.05) is 11.6 Å². The van der Waals surface area contributed by atoms with Crippen LogP contribution in [0, 0.1) is 6.92 Å². The third-order valence-electron chi connectivity index (χ3n) is 3.38. The molecule has 0 fully saturated rings. The summed E-state index contributed by atoms with van der Waals surface area (Å²) in [6.45, 7) is 2.09. The highest BCUT2D eigenvalue weighted by Gasteiger charge is 2.19. The Morgan fingerprint density at radius 3 is 2.80 bits per heavy atom. The lowest BCUT2D eigenvalue weighted by Gasteiger charge is -2.10. The summed E-state index contributed by atoms with van der Waals surface area (Å²) >= 11 is 1.67. The largest absolute Gasteiger partial charge is 0.496 e. The summed E-state index contributed by atoms with van der Waals surface area (Å²) < 4.78 is 11.2. The smallest absolute Gasteiger partial charge is 0.134 e. The minimum atomic E-state index is 0.0524. The van der Waals surface area contributed by atoms with Crippen LogP contribution < -0.4 is 10.1 Å². The summed E-state index contributed by atoms with van der Waals surface area (Å²) in [4.78, 5) is 1.18. The van der Waals surface area contributed by atoms with E-state index in [1.807, 2.05) is 24.6 Å². The van der Waals surface area contributed by atoms with Crippen molar-refractivity contribution in [3.8, 4) is 5.75 Å². The monoisotopic (exact) mass is 287 g/mol. The van der Waals surface area contributed by atoms with E-state index in [0.29, 0.717) is 0 Å². The Morgan fingerprint density at radius 1 is 1.25 bits per heavy atom. The lowest BCUT2D eigenvalue weighted by atomic mass is 10.1. The molecule has 0 spiro atoms. The molecule has 0 radical (unpaired) electrons.